The number of phenolic OH excluding ortho intramolecular Hbond substituents is 1. The van der Waals surface area contributed by atoms with Crippen molar-refractivity contribution >= 4 is 5.69 Å². The van der Waals surface area contributed by atoms with Gasteiger partial charge in [0.2, 0.25) is 0 Å². The van der Waals surface area contributed by atoms with Gasteiger partial charge < -0.3 is 15.9 Å². The van der Waals surface area contributed by atoms with Gasteiger partial charge in [-0.3, -0.25) is 10.1 Å². The molecule has 0 radical (unpaired) electrons. The molecule has 0 amide bonds. The predicted octanol–water partition coefficient (Wildman–Crippen LogP) is 1.07. The average Bonchev–Trinajstić information content (AvgIpc) is 2.26. The summed E-state index contributed by atoms with van der Waals surface area (Å²) in [5.74, 6) is -0.112. The highest BCUT2D eigenvalue weighted by molar-refractivity contribution is 5.46. The number of aromatic hydroxyl groups is 1. The zero-order valence-corrected chi connectivity index (χ0v) is 8.83. The van der Waals surface area contributed by atoms with Crippen LogP contribution < -0.4 is 5.73 Å². The smallest absolute Gasteiger partial charge is 0.274 e. The van der Waals surface area contributed by atoms with Gasteiger partial charge in [-0.05, 0) is 18.6 Å². The molecule has 6 heteroatoms. The lowest BCUT2D eigenvalue weighted by atomic mass is 9.99. The third kappa shape index (κ3) is 2.47. The van der Waals surface area contributed by atoms with Crippen LogP contribution in [0.5, 0.6) is 5.75 Å². The molecular weight excluding hydrogens is 212 g/mol. The zero-order chi connectivity index (χ0) is 12.3. The fourth-order valence-electron chi connectivity index (χ4n) is 1.44. The van der Waals surface area contributed by atoms with Gasteiger partial charge in [-0.1, -0.05) is 6.92 Å². The summed E-state index contributed by atoms with van der Waals surface area (Å²) < 4.78 is 0. The minimum Gasteiger partial charge on any atom is -0.508 e. The summed E-state index contributed by atoms with van der Waals surface area (Å²) >= 11 is 0. The molecule has 0 unspecified atom stereocenters. The molecule has 6 nitrogen and oxygen atoms in total. The molecule has 4 N–H and O–H groups in total. The van der Waals surface area contributed by atoms with Crippen molar-refractivity contribution < 1.29 is 15.1 Å². The number of hydrogen-bond acceptors (Lipinski definition) is 5. The average molecular weight is 226 g/mol. The second-order valence-electron chi connectivity index (χ2n) is 3.50. The molecule has 0 saturated heterocycles. The number of nitrogens with two attached hydrogens (primary N) is 1. The molecule has 0 saturated carbocycles. The van der Waals surface area contributed by atoms with Crippen LogP contribution in [0, 0.1) is 10.1 Å². The van der Waals surface area contributed by atoms with Crippen LogP contribution in [-0.4, -0.2) is 21.2 Å². The largest absolute Gasteiger partial charge is 0.508 e. The molecule has 16 heavy (non-hydrogen) atoms. The maximum Gasteiger partial charge on any atom is 0.274 e. The van der Waals surface area contributed by atoms with Gasteiger partial charge in [0.25, 0.3) is 5.69 Å². The second kappa shape index (κ2) is 4.91. The predicted molar refractivity (Wildman–Crippen MR) is 58.0 cm³/mol. The third-order valence-electron chi connectivity index (χ3n) is 2.40. The van der Waals surface area contributed by atoms with E-state index in [-0.39, 0.29) is 17.0 Å². The highest BCUT2D eigenvalue weighted by atomic mass is 16.6. The molecule has 0 aromatic heterocycles. The Morgan fingerprint density at radius 3 is 2.69 bits per heavy atom. The Bertz CT molecular complexity index is 394. The maximum atomic E-state index is 10.7. The van der Waals surface area contributed by atoms with Gasteiger partial charge in [-0.2, -0.15) is 0 Å². The van der Waals surface area contributed by atoms with E-state index < -0.39 is 17.1 Å². The summed E-state index contributed by atoms with van der Waals surface area (Å²) in [7, 11) is 0. The first-order chi connectivity index (χ1) is 7.47. The van der Waals surface area contributed by atoms with Gasteiger partial charge in [0, 0.05) is 6.07 Å². The molecule has 0 aliphatic carbocycles. The Morgan fingerprint density at radius 2 is 2.19 bits per heavy atom. The van der Waals surface area contributed by atoms with Crippen molar-refractivity contribution in [1.29, 1.82) is 0 Å². The molecule has 0 spiro atoms. The second-order valence-corrected chi connectivity index (χ2v) is 3.50. The standard InChI is InChI=1S/C10H14N2O4/c1-2-9(14)10(11)7-5-6(13)3-4-8(7)12(15)16/h3-5,9-10,13-14H,2,11H2,1H3/t9-,10+/m1/s1. The normalized spacial score (nSPS) is 14.4. The van der Waals surface area contributed by atoms with Crippen LogP contribution >= 0.6 is 0 Å². The quantitative estimate of drug-likeness (QED) is 0.525. The van der Waals surface area contributed by atoms with Crippen molar-refractivity contribution in [3.8, 4) is 5.75 Å². The van der Waals surface area contributed by atoms with Crippen LogP contribution in [0.4, 0.5) is 5.69 Å². The number of rotatable bonds is 4. The molecule has 2 atom stereocenters. The van der Waals surface area contributed by atoms with Crippen LogP contribution in [-0.2, 0) is 0 Å². The van der Waals surface area contributed by atoms with Crippen LogP contribution in [0.1, 0.15) is 24.9 Å². The van der Waals surface area contributed by atoms with Crippen molar-refractivity contribution in [2.24, 2.45) is 5.73 Å². The van der Waals surface area contributed by atoms with Crippen LogP contribution in [0.25, 0.3) is 0 Å². The lowest BCUT2D eigenvalue weighted by Crippen LogP contribution is -2.26. The summed E-state index contributed by atoms with van der Waals surface area (Å²) in [5, 5.41) is 29.5. The molecule has 0 aliphatic rings. The molecule has 1 aromatic carbocycles. The Balaban J connectivity index is 3.19. The number of aliphatic hydroxyl groups is 1. The first-order valence-electron chi connectivity index (χ1n) is 4.88. The van der Waals surface area contributed by atoms with E-state index in [4.69, 9.17) is 5.73 Å². The van der Waals surface area contributed by atoms with E-state index in [0.29, 0.717) is 6.42 Å². The minimum atomic E-state index is -0.877. The number of nitro benzene ring substituents is 1. The summed E-state index contributed by atoms with van der Waals surface area (Å²) in [6, 6.07) is 2.72. The molecule has 0 fully saturated rings. The summed E-state index contributed by atoms with van der Waals surface area (Å²) in [4.78, 5) is 10.1. The van der Waals surface area contributed by atoms with Gasteiger partial charge in [0.15, 0.2) is 0 Å². The number of aliphatic hydroxyl groups excluding tert-OH is 1. The lowest BCUT2D eigenvalue weighted by molar-refractivity contribution is -0.385. The number of benzene rings is 1. The Kier molecular flexibility index (Phi) is 3.81. The van der Waals surface area contributed by atoms with E-state index in [1.165, 1.54) is 18.2 Å². The molecule has 88 valence electrons. The number of phenols is 1. The molecule has 1 aromatic rings. The Morgan fingerprint density at radius 1 is 1.56 bits per heavy atom. The summed E-state index contributed by atoms with van der Waals surface area (Å²) in [5.41, 5.74) is 5.63. The number of hydrogen-bond donors (Lipinski definition) is 3. The van der Waals surface area contributed by atoms with Crippen molar-refractivity contribution in [3.63, 3.8) is 0 Å². The van der Waals surface area contributed by atoms with E-state index in [2.05, 4.69) is 0 Å². The fraction of sp³-hybridized carbons (Fsp3) is 0.400. The summed E-state index contributed by atoms with van der Waals surface area (Å²) in [6.07, 6.45) is -0.492. The van der Waals surface area contributed by atoms with Gasteiger partial charge >= 0.3 is 0 Å². The number of nitro groups is 1. The van der Waals surface area contributed by atoms with Gasteiger partial charge in [-0.25, -0.2) is 0 Å². The Hall–Kier alpha value is -1.66. The third-order valence-corrected chi connectivity index (χ3v) is 2.40. The van der Waals surface area contributed by atoms with Gasteiger partial charge in [0.05, 0.1) is 22.6 Å². The van der Waals surface area contributed by atoms with Crippen LogP contribution in [0.3, 0.4) is 0 Å². The van der Waals surface area contributed by atoms with Crippen LogP contribution in [0.2, 0.25) is 0 Å². The first kappa shape index (κ1) is 12.4. The van der Waals surface area contributed by atoms with Gasteiger partial charge in [-0.15, -0.1) is 0 Å². The van der Waals surface area contributed by atoms with Gasteiger partial charge in [0.1, 0.15) is 5.75 Å². The van der Waals surface area contributed by atoms with Crippen molar-refractivity contribution in [2.45, 2.75) is 25.5 Å². The SMILES string of the molecule is CC[C@@H](O)[C@@H](N)c1cc(O)ccc1[N+](=O)[O-]. The zero-order valence-electron chi connectivity index (χ0n) is 8.83. The molecule has 0 bridgehead atoms. The molecule has 1 rings (SSSR count). The highest BCUT2D eigenvalue weighted by Crippen LogP contribution is 2.29. The first-order valence-corrected chi connectivity index (χ1v) is 4.88. The van der Waals surface area contributed by atoms with E-state index in [0.717, 1.165) is 0 Å². The monoisotopic (exact) mass is 226 g/mol. The summed E-state index contributed by atoms with van der Waals surface area (Å²) in [6.45, 7) is 1.72. The molecular formula is C10H14N2O4. The lowest BCUT2D eigenvalue weighted by Gasteiger charge is -2.17. The van der Waals surface area contributed by atoms with E-state index >= 15 is 0 Å². The highest BCUT2D eigenvalue weighted by Gasteiger charge is 2.24. The molecule has 0 aliphatic heterocycles. The van der Waals surface area contributed by atoms with E-state index in [1.807, 2.05) is 0 Å². The van der Waals surface area contributed by atoms with Crippen molar-refractivity contribution in [2.75, 3.05) is 0 Å². The van der Waals surface area contributed by atoms with Crippen LogP contribution in [0.15, 0.2) is 18.2 Å². The number of nitrogens with zero attached hydrogens (tertiary/aromatic N) is 1. The minimum absolute atomic E-state index is 0.112. The van der Waals surface area contributed by atoms with Crippen molar-refractivity contribution in [1.82, 2.24) is 0 Å². The maximum absolute atomic E-state index is 10.7. The fourth-order valence-corrected chi connectivity index (χ4v) is 1.44. The van der Waals surface area contributed by atoms with E-state index in [1.54, 1.807) is 6.92 Å². The topological polar surface area (TPSA) is 110 Å². The Labute approximate surface area is 92.5 Å². The van der Waals surface area contributed by atoms with E-state index in [9.17, 15) is 20.3 Å². The van der Waals surface area contributed by atoms with Crippen molar-refractivity contribution in [3.05, 3.63) is 33.9 Å². The molecule has 0 heterocycles.